The molecule has 3 aromatic carbocycles. The predicted molar refractivity (Wildman–Crippen MR) is 196 cm³/mol. The molecular weight excluding hydrogens is 560 g/mol. The standard InChI is InChI=1S/C44H62O2/c1-3-5-7-9-11-13-15-17-19-25-33-45-39-31-32-40(46-34-26-20-18-16-14-12-10-8-6-4-2)44-42-37-29-23-21-27-35(37)41(43(39)44)36-28-22-24-30-38(36)42/h21-24,27-32,41-42H,3-20,25-26,33-34H2,1-2H3. The molecular formula is C44H62O2. The molecule has 0 aliphatic heterocycles. The minimum Gasteiger partial charge on any atom is -0.493 e. The molecule has 0 atom stereocenters. The summed E-state index contributed by atoms with van der Waals surface area (Å²) in [4.78, 5) is 0. The summed E-state index contributed by atoms with van der Waals surface area (Å²) in [7, 11) is 0. The molecule has 0 N–H and O–H groups in total. The molecule has 0 heterocycles. The number of rotatable bonds is 24. The van der Waals surface area contributed by atoms with Crippen LogP contribution >= 0.6 is 0 Å². The molecule has 0 radical (unpaired) electrons. The molecule has 3 aliphatic carbocycles. The minimum atomic E-state index is 0.205. The first-order valence-electron chi connectivity index (χ1n) is 19.4. The van der Waals surface area contributed by atoms with E-state index >= 15 is 0 Å². The molecule has 0 fully saturated rings. The summed E-state index contributed by atoms with van der Waals surface area (Å²) in [6, 6.07) is 22.6. The summed E-state index contributed by atoms with van der Waals surface area (Å²) in [6.45, 7) is 6.18. The lowest BCUT2D eigenvalue weighted by atomic mass is 9.60. The van der Waals surface area contributed by atoms with Crippen molar-refractivity contribution in [3.05, 3.63) is 94.0 Å². The van der Waals surface area contributed by atoms with Gasteiger partial charge >= 0.3 is 0 Å². The van der Waals surface area contributed by atoms with Gasteiger partial charge < -0.3 is 9.47 Å². The normalized spacial score (nSPS) is 15.8. The van der Waals surface area contributed by atoms with Crippen LogP contribution in [0.2, 0.25) is 0 Å². The Labute approximate surface area is 281 Å². The second-order valence-corrected chi connectivity index (χ2v) is 14.1. The van der Waals surface area contributed by atoms with Crippen LogP contribution in [0.25, 0.3) is 0 Å². The van der Waals surface area contributed by atoms with E-state index in [9.17, 15) is 0 Å². The minimum absolute atomic E-state index is 0.205. The highest BCUT2D eigenvalue weighted by Gasteiger charge is 2.44. The third kappa shape index (κ3) is 8.99. The fourth-order valence-corrected chi connectivity index (χ4v) is 8.02. The lowest BCUT2D eigenvalue weighted by Gasteiger charge is -2.43. The number of hydrogen-bond acceptors (Lipinski definition) is 2. The van der Waals surface area contributed by atoms with Gasteiger partial charge in [0.1, 0.15) is 11.5 Å². The molecule has 0 saturated carbocycles. The lowest BCUT2D eigenvalue weighted by Crippen LogP contribution is -2.28. The zero-order chi connectivity index (χ0) is 31.8. The van der Waals surface area contributed by atoms with Gasteiger partial charge in [-0.15, -0.1) is 0 Å². The van der Waals surface area contributed by atoms with Gasteiger partial charge in [-0.05, 0) is 47.2 Å². The van der Waals surface area contributed by atoms with Crippen LogP contribution in [0.5, 0.6) is 11.5 Å². The van der Waals surface area contributed by atoms with E-state index in [2.05, 4.69) is 74.5 Å². The van der Waals surface area contributed by atoms with Crippen molar-refractivity contribution in [1.82, 2.24) is 0 Å². The molecule has 46 heavy (non-hydrogen) atoms. The van der Waals surface area contributed by atoms with Gasteiger partial charge in [0.15, 0.2) is 0 Å². The van der Waals surface area contributed by atoms with Crippen LogP contribution in [0.1, 0.15) is 187 Å². The van der Waals surface area contributed by atoms with E-state index in [0.717, 1.165) is 37.6 Å². The van der Waals surface area contributed by atoms with Gasteiger partial charge in [-0.1, -0.05) is 178 Å². The average Bonchev–Trinajstić information content (AvgIpc) is 3.09. The quantitative estimate of drug-likeness (QED) is 0.0637. The van der Waals surface area contributed by atoms with Gasteiger partial charge in [0, 0.05) is 23.0 Å². The van der Waals surface area contributed by atoms with E-state index in [1.165, 1.54) is 149 Å². The summed E-state index contributed by atoms with van der Waals surface area (Å²) in [5, 5.41) is 0. The Kier molecular flexibility index (Phi) is 14.4. The van der Waals surface area contributed by atoms with E-state index in [0.29, 0.717) is 0 Å². The maximum atomic E-state index is 6.67. The van der Waals surface area contributed by atoms with Crippen molar-refractivity contribution < 1.29 is 9.47 Å². The summed E-state index contributed by atoms with van der Waals surface area (Å²) >= 11 is 0. The van der Waals surface area contributed by atoms with Crippen molar-refractivity contribution in [3.8, 4) is 11.5 Å². The molecule has 3 aliphatic rings. The summed E-state index contributed by atoms with van der Waals surface area (Å²) < 4.78 is 13.3. The number of ether oxygens (including phenoxy) is 2. The molecule has 0 amide bonds. The molecule has 0 saturated heterocycles. The Morgan fingerprint density at radius 2 is 0.652 bits per heavy atom. The molecule has 3 aromatic rings. The van der Waals surface area contributed by atoms with Crippen LogP contribution in [0, 0.1) is 0 Å². The smallest absolute Gasteiger partial charge is 0.124 e. The Hall–Kier alpha value is -2.74. The number of benzene rings is 3. The topological polar surface area (TPSA) is 18.5 Å². The maximum absolute atomic E-state index is 6.67. The highest BCUT2D eigenvalue weighted by molar-refractivity contribution is 5.73. The maximum Gasteiger partial charge on any atom is 0.124 e. The van der Waals surface area contributed by atoms with Crippen molar-refractivity contribution in [3.63, 3.8) is 0 Å². The van der Waals surface area contributed by atoms with Gasteiger partial charge in [0.25, 0.3) is 0 Å². The van der Waals surface area contributed by atoms with Crippen LogP contribution in [-0.4, -0.2) is 13.2 Å². The second kappa shape index (κ2) is 19.2. The molecule has 0 spiro atoms. The van der Waals surface area contributed by atoms with Crippen molar-refractivity contribution in [2.24, 2.45) is 0 Å². The predicted octanol–water partition coefficient (Wildman–Crippen LogP) is 13.3. The Bertz CT molecular complexity index is 1160. The lowest BCUT2D eigenvalue weighted by molar-refractivity contribution is 0.289. The third-order valence-corrected chi connectivity index (χ3v) is 10.5. The first-order valence-corrected chi connectivity index (χ1v) is 19.4. The van der Waals surface area contributed by atoms with Crippen LogP contribution in [0.15, 0.2) is 60.7 Å². The van der Waals surface area contributed by atoms with E-state index in [1.807, 2.05) is 0 Å². The molecule has 2 heteroatoms. The molecule has 2 bridgehead atoms. The molecule has 250 valence electrons. The molecule has 0 aromatic heterocycles. The monoisotopic (exact) mass is 622 g/mol. The Morgan fingerprint density at radius 1 is 0.370 bits per heavy atom. The highest BCUT2D eigenvalue weighted by atomic mass is 16.5. The van der Waals surface area contributed by atoms with Crippen LogP contribution < -0.4 is 9.47 Å². The Balaban J connectivity index is 1.20. The van der Waals surface area contributed by atoms with Gasteiger partial charge in [-0.25, -0.2) is 0 Å². The first kappa shape index (κ1) is 34.6. The largest absolute Gasteiger partial charge is 0.493 e. The van der Waals surface area contributed by atoms with Crippen LogP contribution in [0.3, 0.4) is 0 Å². The summed E-state index contributed by atoms with van der Waals surface area (Å²) in [6.07, 6.45) is 26.8. The average molecular weight is 623 g/mol. The van der Waals surface area contributed by atoms with Crippen molar-refractivity contribution >= 4 is 0 Å². The van der Waals surface area contributed by atoms with E-state index < -0.39 is 0 Å². The van der Waals surface area contributed by atoms with Gasteiger partial charge in [0.2, 0.25) is 0 Å². The number of hydrogen-bond donors (Lipinski definition) is 0. The number of unbranched alkanes of at least 4 members (excludes halogenated alkanes) is 18. The molecule has 0 unspecified atom stereocenters. The second-order valence-electron chi connectivity index (χ2n) is 14.1. The van der Waals surface area contributed by atoms with Gasteiger partial charge in [-0.2, -0.15) is 0 Å². The third-order valence-electron chi connectivity index (χ3n) is 10.5. The SMILES string of the molecule is CCCCCCCCCCCCOc1ccc(OCCCCCCCCCCCC)c2c1C1c3ccccc3C2c2ccccc21. The van der Waals surface area contributed by atoms with E-state index in [4.69, 9.17) is 9.47 Å². The van der Waals surface area contributed by atoms with Crippen molar-refractivity contribution in [2.75, 3.05) is 13.2 Å². The first-order chi connectivity index (χ1) is 22.8. The molecule has 6 rings (SSSR count). The van der Waals surface area contributed by atoms with Crippen molar-refractivity contribution in [1.29, 1.82) is 0 Å². The van der Waals surface area contributed by atoms with Crippen molar-refractivity contribution in [2.45, 2.75) is 154 Å². The fourth-order valence-electron chi connectivity index (χ4n) is 8.02. The summed E-state index contributed by atoms with van der Waals surface area (Å²) in [5.41, 5.74) is 8.47. The Morgan fingerprint density at radius 3 is 0.957 bits per heavy atom. The van der Waals surface area contributed by atoms with E-state index in [1.54, 1.807) is 0 Å². The highest BCUT2D eigenvalue weighted by Crippen LogP contribution is 2.60. The van der Waals surface area contributed by atoms with E-state index in [-0.39, 0.29) is 11.8 Å². The van der Waals surface area contributed by atoms with Crippen LogP contribution in [-0.2, 0) is 0 Å². The zero-order valence-corrected chi connectivity index (χ0v) is 29.3. The van der Waals surface area contributed by atoms with Gasteiger partial charge in [-0.3, -0.25) is 0 Å². The van der Waals surface area contributed by atoms with Gasteiger partial charge in [0.05, 0.1) is 13.2 Å². The van der Waals surface area contributed by atoms with Crippen LogP contribution in [0.4, 0.5) is 0 Å². The zero-order valence-electron chi connectivity index (χ0n) is 29.3. The molecule has 2 nitrogen and oxygen atoms in total. The fraction of sp³-hybridized carbons (Fsp3) is 0.591. The summed E-state index contributed by atoms with van der Waals surface area (Å²) in [5.74, 6) is 2.54.